The molecule has 25 heavy (non-hydrogen) atoms. The number of carbonyl (C=O) groups excluding carboxylic acids is 1. The standard InChI is InChI=1S/C19H31N3O3/c1-16-4-5-17(25-16)14-21-11-10-20(2)19(15-21)7-6-18(23)22(9-8-19)12-13-24-3/h4-5H,6-15H2,1-3H3/t19-/m0/s1. The Balaban J connectivity index is 1.66. The summed E-state index contributed by atoms with van der Waals surface area (Å²) in [5.41, 5.74) is 0.0807. The highest BCUT2D eigenvalue weighted by Gasteiger charge is 2.42. The van der Waals surface area contributed by atoms with Crippen molar-refractivity contribution in [2.45, 2.75) is 38.3 Å². The first kappa shape index (κ1) is 18.4. The number of piperazine rings is 1. The summed E-state index contributed by atoms with van der Waals surface area (Å²) in [6.07, 6.45) is 2.58. The molecule has 2 fully saturated rings. The molecule has 0 radical (unpaired) electrons. The monoisotopic (exact) mass is 349 g/mol. The lowest BCUT2D eigenvalue weighted by molar-refractivity contribution is -0.131. The Morgan fingerprint density at radius 3 is 2.80 bits per heavy atom. The Morgan fingerprint density at radius 2 is 2.08 bits per heavy atom. The number of rotatable bonds is 5. The van der Waals surface area contributed by atoms with Crippen molar-refractivity contribution in [3.8, 4) is 0 Å². The van der Waals surface area contributed by atoms with E-state index in [0.29, 0.717) is 19.6 Å². The predicted octanol–water partition coefficient (Wildman–Crippen LogP) is 1.73. The number of likely N-dealkylation sites (N-methyl/N-ethyl adjacent to an activating group) is 1. The number of likely N-dealkylation sites (tertiary alicyclic amines) is 1. The van der Waals surface area contributed by atoms with Gasteiger partial charge in [-0.1, -0.05) is 0 Å². The molecule has 140 valence electrons. The molecule has 0 saturated carbocycles. The molecule has 3 heterocycles. The number of hydrogen-bond donors (Lipinski definition) is 0. The van der Waals surface area contributed by atoms with E-state index in [2.05, 4.69) is 22.9 Å². The smallest absolute Gasteiger partial charge is 0.222 e. The Kier molecular flexibility index (Phi) is 5.81. The van der Waals surface area contributed by atoms with Crippen molar-refractivity contribution in [1.29, 1.82) is 0 Å². The summed E-state index contributed by atoms with van der Waals surface area (Å²) in [7, 11) is 3.90. The number of hydrogen-bond acceptors (Lipinski definition) is 5. The van der Waals surface area contributed by atoms with Crippen molar-refractivity contribution in [3.63, 3.8) is 0 Å². The maximum atomic E-state index is 12.5. The molecule has 2 aliphatic rings. The highest BCUT2D eigenvalue weighted by Crippen LogP contribution is 2.32. The molecule has 0 bridgehead atoms. The Bertz CT molecular complexity index is 588. The second-order valence-corrected chi connectivity index (χ2v) is 7.49. The zero-order valence-electron chi connectivity index (χ0n) is 15.8. The van der Waals surface area contributed by atoms with Gasteiger partial charge in [0.25, 0.3) is 0 Å². The molecule has 2 aliphatic heterocycles. The van der Waals surface area contributed by atoms with E-state index in [0.717, 1.165) is 57.1 Å². The largest absolute Gasteiger partial charge is 0.465 e. The Hall–Kier alpha value is -1.37. The number of carbonyl (C=O) groups is 1. The number of nitrogens with zero attached hydrogens (tertiary/aromatic N) is 3. The van der Waals surface area contributed by atoms with Crippen LogP contribution in [0, 0.1) is 6.92 Å². The number of aryl methyl sites for hydroxylation is 1. The molecule has 3 rings (SSSR count). The second kappa shape index (κ2) is 7.89. The van der Waals surface area contributed by atoms with Crippen LogP contribution >= 0.6 is 0 Å². The molecular formula is C19H31N3O3. The maximum Gasteiger partial charge on any atom is 0.222 e. The average molecular weight is 349 g/mol. The predicted molar refractivity (Wildman–Crippen MR) is 96.4 cm³/mol. The van der Waals surface area contributed by atoms with E-state index in [1.54, 1.807) is 7.11 Å². The third-order valence-electron chi connectivity index (χ3n) is 5.82. The van der Waals surface area contributed by atoms with Gasteiger partial charge in [-0.05, 0) is 38.9 Å². The molecule has 1 spiro atoms. The normalized spacial score (nSPS) is 26.4. The van der Waals surface area contributed by atoms with Crippen LogP contribution in [0.2, 0.25) is 0 Å². The van der Waals surface area contributed by atoms with E-state index in [-0.39, 0.29) is 11.4 Å². The van der Waals surface area contributed by atoms with Crippen molar-refractivity contribution in [2.75, 3.05) is 53.5 Å². The van der Waals surface area contributed by atoms with E-state index in [1.807, 2.05) is 17.9 Å². The first-order chi connectivity index (χ1) is 12.0. The zero-order valence-corrected chi connectivity index (χ0v) is 15.8. The van der Waals surface area contributed by atoms with Gasteiger partial charge in [0.05, 0.1) is 13.2 Å². The molecule has 1 atom stereocenters. The van der Waals surface area contributed by atoms with E-state index >= 15 is 0 Å². The third-order valence-corrected chi connectivity index (χ3v) is 5.82. The summed E-state index contributed by atoms with van der Waals surface area (Å²) in [5.74, 6) is 2.26. The topological polar surface area (TPSA) is 49.2 Å². The van der Waals surface area contributed by atoms with Crippen LogP contribution in [0.5, 0.6) is 0 Å². The number of methoxy groups -OCH3 is 1. The fourth-order valence-electron chi connectivity index (χ4n) is 4.14. The summed E-state index contributed by atoms with van der Waals surface area (Å²) in [6, 6.07) is 4.10. The number of ether oxygens (including phenoxy) is 1. The van der Waals surface area contributed by atoms with Gasteiger partial charge in [0.15, 0.2) is 0 Å². The van der Waals surface area contributed by atoms with Gasteiger partial charge in [0.2, 0.25) is 5.91 Å². The second-order valence-electron chi connectivity index (χ2n) is 7.49. The van der Waals surface area contributed by atoms with Gasteiger partial charge in [-0.15, -0.1) is 0 Å². The molecule has 2 saturated heterocycles. The minimum Gasteiger partial charge on any atom is -0.465 e. The van der Waals surface area contributed by atoms with E-state index in [4.69, 9.17) is 9.15 Å². The molecule has 0 aliphatic carbocycles. The average Bonchev–Trinajstić information content (AvgIpc) is 2.93. The van der Waals surface area contributed by atoms with Crippen LogP contribution in [-0.2, 0) is 16.1 Å². The lowest BCUT2D eigenvalue weighted by Gasteiger charge is -2.49. The number of furan rings is 1. The van der Waals surface area contributed by atoms with Gasteiger partial charge in [-0.25, -0.2) is 0 Å². The van der Waals surface area contributed by atoms with Crippen molar-refractivity contribution in [2.24, 2.45) is 0 Å². The molecule has 0 unspecified atom stereocenters. The highest BCUT2D eigenvalue weighted by atomic mass is 16.5. The Labute approximate surface area is 150 Å². The van der Waals surface area contributed by atoms with Crippen LogP contribution in [0.25, 0.3) is 0 Å². The molecular weight excluding hydrogens is 318 g/mol. The Morgan fingerprint density at radius 1 is 1.24 bits per heavy atom. The van der Waals surface area contributed by atoms with Crippen LogP contribution in [-0.4, -0.2) is 79.6 Å². The molecule has 1 aromatic rings. The molecule has 6 nitrogen and oxygen atoms in total. The molecule has 0 N–H and O–H groups in total. The lowest BCUT2D eigenvalue weighted by Crippen LogP contribution is -2.60. The van der Waals surface area contributed by atoms with Gasteiger partial charge in [0, 0.05) is 51.8 Å². The summed E-state index contributed by atoms with van der Waals surface area (Å²) in [4.78, 5) is 19.4. The van der Waals surface area contributed by atoms with Gasteiger partial charge < -0.3 is 14.1 Å². The summed E-state index contributed by atoms with van der Waals surface area (Å²) >= 11 is 0. The fraction of sp³-hybridized carbons (Fsp3) is 0.737. The van der Waals surface area contributed by atoms with E-state index in [1.165, 1.54) is 0 Å². The van der Waals surface area contributed by atoms with E-state index in [9.17, 15) is 4.79 Å². The summed E-state index contributed by atoms with van der Waals surface area (Å²) in [5, 5.41) is 0. The van der Waals surface area contributed by atoms with Crippen LogP contribution < -0.4 is 0 Å². The van der Waals surface area contributed by atoms with Crippen LogP contribution in [0.1, 0.15) is 30.8 Å². The van der Waals surface area contributed by atoms with Gasteiger partial charge in [-0.2, -0.15) is 0 Å². The summed E-state index contributed by atoms with van der Waals surface area (Å²) in [6.45, 7) is 8.04. The maximum absolute atomic E-state index is 12.5. The molecule has 1 aromatic heterocycles. The van der Waals surface area contributed by atoms with Gasteiger partial charge in [0.1, 0.15) is 11.5 Å². The fourth-order valence-corrected chi connectivity index (χ4v) is 4.14. The SMILES string of the molecule is COCCN1CC[C@@]2(CCC1=O)CN(Cc1ccc(C)o1)CCN2C. The molecule has 1 amide bonds. The van der Waals surface area contributed by atoms with Gasteiger partial charge in [-0.3, -0.25) is 14.6 Å². The van der Waals surface area contributed by atoms with Crippen molar-refractivity contribution >= 4 is 5.91 Å². The van der Waals surface area contributed by atoms with Crippen LogP contribution in [0.4, 0.5) is 0 Å². The summed E-state index contributed by atoms with van der Waals surface area (Å²) < 4.78 is 10.9. The lowest BCUT2D eigenvalue weighted by atomic mass is 9.86. The number of amides is 1. The van der Waals surface area contributed by atoms with E-state index < -0.39 is 0 Å². The third kappa shape index (κ3) is 4.25. The first-order valence-corrected chi connectivity index (χ1v) is 9.28. The van der Waals surface area contributed by atoms with Crippen LogP contribution in [0.3, 0.4) is 0 Å². The first-order valence-electron chi connectivity index (χ1n) is 9.28. The minimum atomic E-state index is 0.0807. The molecule has 6 heteroatoms. The quantitative estimate of drug-likeness (QED) is 0.810. The minimum absolute atomic E-state index is 0.0807. The van der Waals surface area contributed by atoms with Crippen molar-refractivity contribution in [1.82, 2.24) is 14.7 Å². The van der Waals surface area contributed by atoms with Gasteiger partial charge >= 0.3 is 0 Å². The molecule has 0 aromatic carbocycles. The highest BCUT2D eigenvalue weighted by molar-refractivity contribution is 5.76. The van der Waals surface area contributed by atoms with Crippen molar-refractivity contribution < 1.29 is 13.9 Å². The zero-order chi connectivity index (χ0) is 17.9. The van der Waals surface area contributed by atoms with Crippen LogP contribution in [0.15, 0.2) is 16.5 Å². The van der Waals surface area contributed by atoms with Crippen molar-refractivity contribution in [3.05, 3.63) is 23.7 Å².